The second kappa shape index (κ2) is 17.7. The van der Waals surface area contributed by atoms with Crippen LogP contribution in [0.1, 0.15) is 88.1 Å². The van der Waals surface area contributed by atoms with Gasteiger partial charge in [-0.05, 0) is 88.9 Å². The van der Waals surface area contributed by atoms with Gasteiger partial charge in [0.05, 0.1) is 40.5 Å². The molecule has 1 heterocycles. The molecule has 10 heteroatoms. The molecule has 4 rings (SSSR count). The minimum Gasteiger partial charge on any atom is -0.490 e. The van der Waals surface area contributed by atoms with E-state index in [1.807, 2.05) is 45.2 Å². The van der Waals surface area contributed by atoms with Crippen molar-refractivity contribution in [2.45, 2.75) is 96.9 Å². The van der Waals surface area contributed by atoms with Gasteiger partial charge < -0.3 is 24.8 Å². The number of hydrogen-bond donors (Lipinski definition) is 2. The van der Waals surface area contributed by atoms with Crippen LogP contribution in [-0.2, 0) is 16.1 Å². The molecule has 1 aliphatic heterocycles. The molecule has 254 valence electrons. The van der Waals surface area contributed by atoms with Crippen molar-refractivity contribution in [1.82, 2.24) is 9.80 Å². The van der Waals surface area contributed by atoms with Crippen molar-refractivity contribution >= 4 is 40.7 Å². The van der Waals surface area contributed by atoms with E-state index in [-0.39, 0.29) is 42.5 Å². The van der Waals surface area contributed by atoms with E-state index in [0.717, 1.165) is 50.5 Å². The smallest absolute Gasteiger partial charge is 0.258 e. The number of aliphatic hydroxyl groups excluding tert-OH is 1. The first-order valence-electron chi connectivity index (χ1n) is 16.8. The lowest BCUT2D eigenvalue weighted by Gasteiger charge is -2.36. The van der Waals surface area contributed by atoms with Gasteiger partial charge in [-0.2, -0.15) is 0 Å². The zero-order chi connectivity index (χ0) is 33.2. The van der Waals surface area contributed by atoms with Crippen molar-refractivity contribution in [3.8, 4) is 5.75 Å². The standard InChI is InChI=1S/C36H51Cl2N3O5/c1-24-20-41(25(2)23-42)36(44)30-19-29(39-35(43)28-11-6-5-7-12-28)14-16-33(30)46-26(3)10-8-9-17-45-34(24)22-40(4)21-27-13-15-31(37)32(38)18-27/h13-16,18-19,24-26,28,34,42H,5-12,17,20-23H2,1-4H3,(H,39,43)/t24-,25+,26-,34-/m0/s1. The molecule has 0 aromatic heterocycles. The van der Waals surface area contributed by atoms with Crippen LogP contribution in [0, 0.1) is 11.8 Å². The summed E-state index contributed by atoms with van der Waals surface area (Å²) < 4.78 is 12.8. The van der Waals surface area contributed by atoms with E-state index in [0.29, 0.717) is 53.3 Å². The molecular weight excluding hydrogens is 625 g/mol. The normalized spacial score (nSPS) is 22.9. The number of carbonyl (C=O) groups is 2. The average Bonchev–Trinajstić information content (AvgIpc) is 3.04. The molecule has 2 aliphatic rings. The second-order valence-corrected chi connectivity index (χ2v) is 14.1. The third kappa shape index (κ3) is 10.3. The fourth-order valence-electron chi connectivity index (χ4n) is 6.39. The van der Waals surface area contributed by atoms with Gasteiger partial charge in [-0.25, -0.2) is 0 Å². The number of hydrogen-bond acceptors (Lipinski definition) is 6. The van der Waals surface area contributed by atoms with Crippen LogP contribution in [-0.4, -0.2) is 78.3 Å². The molecule has 4 atom stereocenters. The number of likely N-dealkylation sites (N-methyl/N-ethyl adjacent to an activating group) is 1. The van der Waals surface area contributed by atoms with Crippen molar-refractivity contribution in [3.05, 3.63) is 57.6 Å². The Kier molecular flexibility index (Phi) is 14.0. The highest BCUT2D eigenvalue weighted by atomic mass is 35.5. The second-order valence-electron chi connectivity index (χ2n) is 13.3. The lowest BCUT2D eigenvalue weighted by atomic mass is 9.88. The molecule has 0 radical (unpaired) electrons. The molecule has 0 bridgehead atoms. The molecule has 0 spiro atoms. The minimum absolute atomic E-state index is 0.00136. The SMILES string of the molecule is C[C@H](CO)N1C[C@H](C)[C@H](CN(C)Cc2ccc(Cl)c(Cl)c2)OCCCC[C@H](C)Oc2ccc(NC(=O)C3CCCCC3)cc2C1=O. The molecule has 0 saturated heterocycles. The van der Waals surface area contributed by atoms with Crippen LogP contribution in [0.15, 0.2) is 36.4 Å². The molecule has 1 saturated carbocycles. The number of amides is 2. The van der Waals surface area contributed by atoms with E-state index in [9.17, 15) is 14.7 Å². The molecule has 1 aliphatic carbocycles. The van der Waals surface area contributed by atoms with Gasteiger partial charge in [0.1, 0.15) is 5.75 Å². The van der Waals surface area contributed by atoms with Crippen LogP contribution in [0.25, 0.3) is 0 Å². The minimum atomic E-state index is -0.441. The molecule has 8 nitrogen and oxygen atoms in total. The summed E-state index contributed by atoms with van der Waals surface area (Å²) >= 11 is 12.4. The van der Waals surface area contributed by atoms with Gasteiger partial charge in [-0.3, -0.25) is 14.5 Å². The fourth-order valence-corrected chi connectivity index (χ4v) is 6.71. The number of fused-ring (bicyclic) bond motifs is 1. The molecule has 0 unspecified atom stereocenters. The topological polar surface area (TPSA) is 91.3 Å². The van der Waals surface area contributed by atoms with E-state index in [1.165, 1.54) is 6.42 Å². The summed E-state index contributed by atoms with van der Waals surface area (Å²) in [6.45, 7) is 8.04. The van der Waals surface area contributed by atoms with E-state index in [2.05, 4.69) is 17.1 Å². The number of halogens is 2. The Balaban J connectivity index is 1.58. The number of ether oxygens (including phenoxy) is 2. The molecule has 2 N–H and O–H groups in total. The van der Waals surface area contributed by atoms with E-state index in [4.69, 9.17) is 32.7 Å². The third-order valence-corrected chi connectivity index (χ3v) is 9.96. The zero-order valence-corrected chi connectivity index (χ0v) is 29.3. The lowest BCUT2D eigenvalue weighted by Crippen LogP contribution is -2.47. The lowest BCUT2D eigenvalue weighted by molar-refractivity contribution is -0.120. The van der Waals surface area contributed by atoms with Crippen molar-refractivity contribution in [2.75, 3.05) is 38.7 Å². The predicted octanol–water partition coefficient (Wildman–Crippen LogP) is 7.44. The molecular formula is C36H51Cl2N3O5. The van der Waals surface area contributed by atoms with Crippen molar-refractivity contribution in [2.24, 2.45) is 11.8 Å². The Morgan fingerprint density at radius 3 is 2.50 bits per heavy atom. The van der Waals surface area contributed by atoms with Crippen LogP contribution in [0.3, 0.4) is 0 Å². The summed E-state index contributed by atoms with van der Waals surface area (Å²) in [5, 5.41) is 14.4. The molecule has 1 fully saturated rings. The number of anilines is 1. The zero-order valence-electron chi connectivity index (χ0n) is 27.8. The number of carbonyl (C=O) groups excluding carboxylic acids is 2. The highest BCUT2D eigenvalue weighted by molar-refractivity contribution is 6.42. The Bertz CT molecular complexity index is 1300. The van der Waals surface area contributed by atoms with Gasteiger partial charge in [-0.1, -0.05) is 55.5 Å². The highest BCUT2D eigenvalue weighted by Crippen LogP contribution is 2.30. The van der Waals surface area contributed by atoms with Crippen LogP contribution < -0.4 is 10.1 Å². The van der Waals surface area contributed by atoms with Crippen LogP contribution in [0.2, 0.25) is 10.0 Å². The first-order chi connectivity index (χ1) is 22.0. The quantitative estimate of drug-likeness (QED) is 0.302. The Hall–Kier alpha value is -2.36. The van der Waals surface area contributed by atoms with E-state index < -0.39 is 6.04 Å². The summed E-state index contributed by atoms with van der Waals surface area (Å²) in [4.78, 5) is 31.4. The van der Waals surface area contributed by atoms with Gasteiger partial charge in [0.25, 0.3) is 5.91 Å². The van der Waals surface area contributed by atoms with Crippen LogP contribution in [0.5, 0.6) is 5.75 Å². The number of rotatable bonds is 8. The Morgan fingerprint density at radius 1 is 1.04 bits per heavy atom. The van der Waals surface area contributed by atoms with Crippen molar-refractivity contribution in [3.63, 3.8) is 0 Å². The molecule has 2 aromatic rings. The Morgan fingerprint density at radius 2 is 1.78 bits per heavy atom. The summed E-state index contributed by atoms with van der Waals surface area (Å²) in [5.41, 5.74) is 2.01. The summed E-state index contributed by atoms with van der Waals surface area (Å²) in [5.74, 6) is 0.190. The molecule has 2 aromatic carbocycles. The van der Waals surface area contributed by atoms with Gasteiger partial charge in [0, 0.05) is 43.8 Å². The maximum absolute atomic E-state index is 14.4. The van der Waals surface area contributed by atoms with E-state index in [1.54, 1.807) is 17.0 Å². The van der Waals surface area contributed by atoms with Gasteiger partial charge >= 0.3 is 0 Å². The first-order valence-corrected chi connectivity index (χ1v) is 17.6. The Labute approximate surface area is 284 Å². The highest BCUT2D eigenvalue weighted by Gasteiger charge is 2.31. The van der Waals surface area contributed by atoms with Crippen LogP contribution in [0.4, 0.5) is 5.69 Å². The molecule has 46 heavy (non-hydrogen) atoms. The predicted molar refractivity (Wildman–Crippen MR) is 185 cm³/mol. The summed E-state index contributed by atoms with van der Waals surface area (Å²) in [6.07, 6.45) is 7.43. The van der Waals surface area contributed by atoms with Crippen LogP contribution >= 0.6 is 23.2 Å². The average molecular weight is 677 g/mol. The number of nitrogens with zero attached hydrogens (tertiary/aromatic N) is 2. The van der Waals surface area contributed by atoms with E-state index >= 15 is 0 Å². The van der Waals surface area contributed by atoms with Gasteiger partial charge in [-0.15, -0.1) is 0 Å². The number of aliphatic hydroxyl groups is 1. The first kappa shape index (κ1) is 36.5. The van der Waals surface area contributed by atoms with Gasteiger partial charge in [0.2, 0.25) is 5.91 Å². The summed E-state index contributed by atoms with van der Waals surface area (Å²) in [7, 11) is 2.04. The fraction of sp³-hybridized carbons (Fsp3) is 0.611. The summed E-state index contributed by atoms with van der Waals surface area (Å²) in [6, 6.07) is 10.6. The largest absolute Gasteiger partial charge is 0.490 e. The maximum atomic E-state index is 14.4. The van der Waals surface area contributed by atoms with Crippen molar-refractivity contribution in [1.29, 1.82) is 0 Å². The van der Waals surface area contributed by atoms with Gasteiger partial charge in [0.15, 0.2) is 0 Å². The monoisotopic (exact) mass is 675 g/mol. The maximum Gasteiger partial charge on any atom is 0.258 e. The molecule has 2 amide bonds. The number of nitrogens with one attached hydrogen (secondary N) is 1. The number of benzene rings is 2. The third-order valence-electron chi connectivity index (χ3n) is 9.22. The van der Waals surface area contributed by atoms with Crippen molar-refractivity contribution < 1.29 is 24.2 Å².